The Balaban J connectivity index is 0.00000200. The van der Waals surface area contributed by atoms with E-state index in [1.165, 1.54) is 0 Å². The largest absolute Gasteiger partial charge is 0.375 e. The van der Waals surface area contributed by atoms with Gasteiger partial charge in [-0.2, -0.15) is 0 Å². The number of halogens is 3. The van der Waals surface area contributed by atoms with Crippen LogP contribution in [0, 0.1) is 5.92 Å². The zero-order valence-electron chi connectivity index (χ0n) is 10.8. The summed E-state index contributed by atoms with van der Waals surface area (Å²) in [6.45, 7) is 2.93. The highest BCUT2D eigenvalue weighted by molar-refractivity contribution is 6.35. The average Bonchev–Trinajstić information content (AvgIpc) is 2.29. The first-order chi connectivity index (χ1) is 9.16. The summed E-state index contributed by atoms with van der Waals surface area (Å²) in [5, 5.41) is 7.10. The molecule has 1 aliphatic heterocycles. The lowest BCUT2D eigenvalue weighted by Gasteiger charge is -2.25. The molecule has 1 fully saturated rings. The fraction of sp³-hybridized carbons (Fsp3) is 0.462. The molecule has 0 saturated carbocycles. The molecule has 0 radical (unpaired) electrons. The predicted octanol–water partition coefficient (Wildman–Crippen LogP) is 2.27. The quantitative estimate of drug-likeness (QED) is 0.782. The molecule has 7 heteroatoms. The number of amides is 1. The molecule has 1 aromatic rings. The van der Waals surface area contributed by atoms with Gasteiger partial charge in [-0.15, -0.1) is 12.4 Å². The molecule has 4 nitrogen and oxygen atoms in total. The minimum atomic E-state index is 0. The van der Waals surface area contributed by atoms with E-state index < -0.39 is 0 Å². The Morgan fingerprint density at radius 3 is 2.75 bits per heavy atom. The Kier molecular flexibility index (Phi) is 7.62. The normalized spacial score (nSPS) is 14.3. The summed E-state index contributed by atoms with van der Waals surface area (Å²) in [4.78, 5) is 11.5. The molecule has 0 aromatic heterocycles. The molecule has 20 heavy (non-hydrogen) atoms. The molecule has 1 amide bonds. The van der Waals surface area contributed by atoms with Crippen molar-refractivity contribution in [2.75, 3.05) is 26.2 Å². The smallest absolute Gasteiger partial charge is 0.225 e. The van der Waals surface area contributed by atoms with E-state index in [1.807, 2.05) is 6.07 Å². The van der Waals surface area contributed by atoms with Gasteiger partial charge in [-0.3, -0.25) is 4.79 Å². The third kappa shape index (κ3) is 5.11. The van der Waals surface area contributed by atoms with Crippen molar-refractivity contribution in [3.8, 4) is 0 Å². The van der Waals surface area contributed by atoms with Crippen LogP contribution in [0.25, 0.3) is 0 Å². The van der Waals surface area contributed by atoms with Crippen molar-refractivity contribution in [3.05, 3.63) is 33.8 Å². The van der Waals surface area contributed by atoms with Gasteiger partial charge in [0.1, 0.15) is 0 Å². The topological polar surface area (TPSA) is 50.4 Å². The highest BCUT2D eigenvalue weighted by Gasteiger charge is 2.23. The summed E-state index contributed by atoms with van der Waals surface area (Å²) in [6, 6.07) is 5.30. The average molecular weight is 340 g/mol. The molecule has 1 aliphatic rings. The van der Waals surface area contributed by atoms with Crippen molar-refractivity contribution in [2.45, 2.75) is 6.61 Å². The monoisotopic (exact) mass is 338 g/mol. The summed E-state index contributed by atoms with van der Waals surface area (Å²) in [5.41, 5.74) is 0.889. The van der Waals surface area contributed by atoms with E-state index in [9.17, 15) is 4.79 Å². The lowest BCUT2D eigenvalue weighted by atomic mass is 10.0. The highest BCUT2D eigenvalue weighted by atomic mass is 35.5. The number of benzene rings is 1. The van der Waals surface area contributed by atoms with Crippen molar-refractivity contribution in [1.29, 1.82) is 0 Å². The van der Waals surface area contributed by atoms with E-state index in [0.717, 1.165) is 18.7 Å². The number of hydrogen-bond donors (Lipinski definition) is 2. The molecule has 1 saturated heterocycles. The van der Waals surface area contributed by atoms with Gasteiger partial charge in [0.25, 0.3) is 0 Å². The van der Waals surface area contributed by atoms with Gasteiger partial charge in [0.2, 0.25) is 5.91 Å². The van der Waals surface area contributed by atoms with Gasteiger partial charge in [0, 0.05) is 29.7 Å². The van der Waals surface area contributed by atoms with E-state index in [1.54, 1.807) is 12.1 Å². The number of ether oxygens (including phenoxy) is 1. The molecule has 0 aliphatic carbocycles. The Hall–Kier alpha value is -0.520. The molecular weight excluding hydrogens is 323 g/mol. The van der Waals surface area contributed by atoms with E-state index in [2.05, 4.69) is 10.6 Å². The number of nitrogens with one attached hydrogen (secondary N) is 2. The van der Waals surface area contributed by atoms with Gasteiger partial charge in [0.05, 0.1) is 19.1 Å². The summed E-state index contributed by atoms with van der Waals surface area (Å²) in [7, 11) is 0. The van der Waals surface area contributed by atoms with Gasteiger partial charge < -0.3 is 15.4 Å². The van der Waals surface area contributed by atoms with Gasteiger partial charge in [-0.05, 0) is 17.7 Å². The van der Waals surface area contributed by atoms with E-state index in [4.69, 9.17) is 27.9 Å². The molecule has 0 spiro atoms. The number of carbonyl (C=O) groups excluding carboxylic acids is 1. The molecule has 0 bridgehead atoms. The number of carbonyl (C=O) groups is 1. The predicted molar refractivity (Wildman–Crippen MR) is 82.7 cm³/mol. The molecule has 1 heterocycles. The van der Waals surface area contributed by atoms with E-state index >= 15 is 0 Å². The van der Waals surface area contributed by atoms with Crippen LogP contribution in [0.5, 0.6) is 0 Å². The zero-order chi connectivity index (χ0) is 13.7. The first kappa shape index (κ1) is 17.5. The lowest BCUT2D eigenvalue weighted by Crippen LogP contribution is -2.51. The number of hydrogen-bond acceptors (Lipinski definition) is 3. The molecule has 2 rings (SSSR count). The molecule has 1 aromatic carbocycles. The van der Waals surface area contributed by atoms with Crippen molar-refractivity contribution in [2.24, 2.45) is 5.92 Å². The van der Waals surface area contributed by atoms with Crippen LogP contribution < -0.4 is 10.6 Å². The second-order valence-corrected chi connectivity index (χ2v) is 5.28. The van der Waals surface area contributed by atoms with Crippen molar-refractivity contribution in [1.82, 2.24) is 10.6 Å². The van der Waals surface area contributed by atoms with Crippen molar-refractivity contribution >= 4 is 41.5 Å². The Morgan fingerprint density at radius 1 is 1.40 bits per heavy atom. The fourth-order valence-electron chi connectivity index (χ4n) is 1.69. The van der Waals surface area contributed by atoms with Crippen molar-refractivity contribution < 1.29 is 9.53 Å². The minimum absolute atomic E-state index is 0. The van der Waals surface area contributed by atoms with Crippen LogP contribution >= 0.6 is 35.6 Å². The maximum absolute atomic E-state index is 11.5. The summed E-state index contributed by atoms with van der Waals surface area (Å²) >= 11 is 11.8. The second kappa shape index (κ2) is 8.70. The zero-order valence-corrected chi connectivity index (χ0v) is 13.2. The van der Waals surface area contributed by atoms with Crippen LogP contribution in [0.3, 0.4) is 0 Å². The van der Waals surface area contributed by atoms with Crippen LogP contribution in [0.15, 0.2) is 18.2 Å². The second-order valence-electron chi connectivity index (χ2n) is 4.43. The summed E-state index contributed by atoms with van der Waals surface area (Å²) < 4.78 is 5.46. The van der Waals surface area contributed by atoms with Crippen LogP contribution in [0.1, 0.15) is 5.56 Å². The maximum atomic E-state index is 11.5. The first-order valence-corrected chi connectivity index (χ1v) is 6.92. The van der Waals surface area contributed by atoms with Gasteiger partial charge in [-0.1, -0.05) is 29.3 Å². The standard InChI is InChI=1S/C13H16Cl2N2O2.ClH/c14-11-2-1-9(12(15)5-11)8-19-4-3-17-13(18)10-6-16-7-10;/h1-2,5,10,16H,3-4,6-8H2,(H,17,18);1H. The van der Waals surface area contributed by atoms with Crippen LogP contribution in [-0.2, 0) is 16.1 Å². The SMILES string of the molecule is Cl.O=C(NCCOCc1ccc(Cl)cc1Cl)C1CNC1. The van der Waals surface area contributed by atoms with Gasteiger partial charge in [0.15, 0.2) is 0 Å². The van der Waals surface area contributed by atoms with E-state index in [0.29, 0.717) is 29.8 Å². The molecule has 2 N–H and O–H groups in total. The van der Waals surface area contributed by atoms with Crippen LogP contribution in [-0.4, -0.2) is 32.1 Å². The van der Waals surface area contributed by atoms with Crippen molar-refractivity contribution in [3.63, 3.8) is 0 Å². The van der Waals surface area contributed by atoms with Gasteiger partial charge >= 0.3 is 0 Å². The Morgan fingerprint density at radius 2 is 2.15 bits per heavy atom. The highest BCUT2D eigenvalue weighted by Crippen LogP contribution is 2.21. The minimum Gasteiger partial charge on any atom is -0.375 e. The van der Waals surface area contributed by atoms with Crippen LogP contribution in [0.2, 0.25) is 10.0 Å². The Labute approximate surface area is 134 Å². The third-order valence-corrected chi connectivity index (χ3v) is 3.56. The van der Waals surface area contributed by atoms with E-state index in [-0.39, 0.29) is 24.2 Å². The fourth-order valence-corrected chi connectivity index (χ4v) is 2.15. The third-order valence-electron chi connectivity index (χ3n) is 2.97. The number of rotatable bonds is 6. The summed E-state index contributed by atoms with van der Waals surface area (Å²) in [6.07, 6.45) is 0. The molecule has 0 unspecified atom stereocenters. The Bertz CT molecular complexity index is 453. The molecule has 112 valence electrons. The molecular formula is C13H17Cl3N2O2. The van der Waals surface area contributed by atoms with Crippen LogP contribution in [0.4, 0.5) is 0 Å². The lowest BCUT2D eigenvalue weighted by molar-refractivity contribution is -0.126. The molecule has 0 atom stereocenters. The van der Waals surface area contributed by atoms with Gasteiger partial charge in [-0.25, -0.2) is 0 Å². The maximum Gasteiger partial charge on any atom is 0.225 e. The summed E-state index contributed by atoms with van der Waals surface area (Å²) in [5.74, 6) is 0.206. The first-order valence-electron chi connectivity index (χ1n) is 6.17.